The lowest BCUT2D eigenvalue weighted by Crippen LogP contribution is -2.37. The van der Waals surface area contributed by atoms with Gasteiger partial charge in [-0.3, -0.25) is 9.63 Å². The van der Waals surface area contributed by atoms with Crippen LogP contribution in [0.5, 0.6) is 0 Å². The van der Waals surface area contributed by atoms with Crippen LogP contribution >= 0.6 is 0 Å². The second-order valence-corrected chi connectivity index (χ2v) is 1.81. The number of nitrogens with two attached hydrogens (primary N) is 1. The fourth-order valence-electron chi connectivity index (χ4n) is 0.435. The number of nitrogens with one attached hydrogen (secondary N) is 1. The smallest absolute Gasteiger partial charge is 0.211 e. The molecule has 0 radical (unpaired) electrons. The minimum Gasteiger partial charge on any atom is -0.394 e. The van der Waals surface area contributed by atoms with Gasteiger partial charge in [-0.1, -0.05) is 0 Å². The SMILES string of the molecule is N[C@@H](CO)C(=O)C1NO1. The second-order valence-electron chi connectivity index (χ2n) is 1.81. The minimum atomic E-state index is -0.815. The van der Waals surface area contributed by atoms with Crippen LogP contribution in [0.4, 0.5) is 0 Å². The highest BCUT2D eigenvalue weighted by Gasteiger charge is 2.34. The Bertz CT molecular complexity index is 123. The number of aliphatic hydroxyl groups excluding tert-OH is 1. The van der Waals surface area contributed by atoms with Gasteiger partial charge >= 0.3 is 0 Å². The fraction of sp³-hybridized carbons (Fsp3) is 0.750. The van der Waals surface area contributed by atoms with Crippen molar-refractivity contribution in [3.8, 4) is 0 Å². The van der Waals surface area contributed by atoms with Crippen molar-refractivity contribution < 1.29 is 14.7 Å². The first kappa shape index (κ1) is 6.63. The molecule has 2 atom stereocenters. The standard InChI is InChI=1S/C4H8N2O3/c5-2(1-7)3(8)4-6-9-4/h2,4,6-7H,1,5H2/t2-,4?/m0/s1. The van der Waals surface area contributed by atoms with Crippen LogP contribution in [0.1, 0.15) is 0 Å². The molecule has 0 aliphatic carbocycles. The summed E-state index contributed by atoms with van der Waals surface area (Å²) in [5.74, 6) is -0.308. The Kier molecular flexibility index (Phi) is 1.77. The van der Waals surface area contributed by atoms with E-state index in [-0.39, 0.29) is 12.4 Å². The summed E-state index contributed by atoms with van der Waals surface area (Å²) in [6, 6.07) is -0.815. The average Bonchev–Trinajstić information content (AvgIpc) is 2.66. The van der Waals surface area contributed by atoms with Gasteiger partial charge in [0.2, 0.25) is 6.23 Å². The molecule has 1 aliphatic rings. The van der Waals surface area contributed by atoms with Gasteiger partial charge < -0.3 is 10.8 Å². The molecule has 52 valence electrons. The van der Waals surface area contributed by atoms with Gasteiger partial charge in [0.05, 0.1) is 12.6 Å². The number of hydroxylamine groups is 1. The highest BCUT2D eigenvalue weighted by Crippen LogP contribution is 2.02. The number of aliphatic hydroxyl groups is 1. The number of ketones is 1. The Hall–Kier alpha value is -0.490. The van der Waals surface area contributed by atoms with Crippen LogP contribution in [-0.2, 0) is 9.63 Å². The van der Waals surface area contributed by atoms with Gasteiger partial charge in [-0.05, 0) is 0 Å². The number of Topliss-reactive ketones (excluding diaryl/α,β-unsaturated/α-hetero) is 1. The van der Waals surface area contributed by atoms with Gasteiger partial charge in [-0.2, -0.15) is 5.48 Å². The molecule has 0 amide bonds. The Morgan fingerprint density at radius 1 is 2.00 bits per heavy atom. The summed E-state index contributed by atoms with van der Waals surface area (Å²) < 4.78 is 0. The Labute approximate surface area is 51.7 Å². The first-order chi connectivity index (χ1) is 4.25. The maximum Gasteiger partial charge on any atom is 0.211 e. The first-order valence-corrected chi connectivity index (χ1v) is 2.57. The molecule has 1 rings (SSSR count). The van der Waals surface area contributed by atoms with E-state index in [1.165, 1.54) is 0 Å². The van der Waals surface area contributed by atoms with E-state index in [4.69, 9.17) is 10.8 Å². The molecule has 1 fully saturated rings. The maximum atomic E-state index is 10.7. The summed E-state index contributed by atoms with van der Waals surface area (Å²) in [5.41, 5.74) is 7.45. The van der Waals surface area contributed by atoms with E-state index in [1.807, 2.05) is 0 Å². The average molecular weight is 132 g/mol. The lowest BCUT2D eigenvalue weighted by Gasteiger charge is -2.00. The van der Waals surface area contributed by atoms with Gasteiger partial charge in [-0.15, -0.1) is 0 Å². The normalized spacial score (nSPS) is 27.6. The summed E-state index contributed by atoms with van der Waals surface area (Å²) in [5, 5.41) is 8.35. The predicted octanol–water partition coefficient (Wildman–Crippen LogP) is -2.26. The Morgan fingerprint density at radius 3 is 2.89 bits per heavy atom. The highest BCUT2D eigenvalue weighted by atomic mass is 16.8. The number of hydrogen-bond acceptors (Lipinski definition) is 5. The van der Waals surface area contributed by atoms with Crippen molar-refractivity contribution in [1.82, 2.24) is 5.48 Å². The second kappa shape index (κ2) is 2.40. The molecule has 0 spiro atoms. The van der Waals surface area contributed by atoms with E-state index in [2.05, 4.69) is 10.3 Å². The van der Waals surface area contributed by atoms with Gasteiger partial charge in [0.15, 0.2) is 5.78 Å². The molecule has 0 bridgehead atoms. The summed E-state index contributed by atoms with van der Waals surface area (Å²) in [6.45, 7) is -0.333. The van der Waals surface area contributed by atoms with Crippen molar-refractivity contribution >= 4 is 5.78 Å². The summed E-state index contributed by atoms with van der Waals surface area (Å²) in [7, 11) is 0. The van der Waals surface area contributed by atoms with Crippen molar-refractivity contribution in [2.75, 3.05) is 6.61 Å². The van der Waals surface area contributed by atoms with E-state index in [9.17, 15) is 4.79 Å². The van der Waals surface area contributed by atoms with E-state index in [0.29, 0.717) is 0 Å². The molecule has 9 heavy (non-hydrogen) atoms. The number of hydrogen-bond donors (Lipinski definition) is 3. The summed E-state index contributed by atoms with van der Waals surface area (Å²) in [4.78, 5) is 15.1. The quantitative estimate of drug-likeness (QED) is 0.376. The molecule has 0 aromatic carbocycles. The van der Waals surface area contributed by atoms with Crippen molar-refractivity contribution in [3.63, 3.8) is 0 Å². The first-order valence-electron chi connectivity index (χ1n) is 2.57. The largest absolute Gasteiger partial charge is 0.394 e. The van der Waals surface area contributed by atoms with E-state index in [1.54, 1.807) is 0 Å². The van der Waals surface area contributed by atoms with Gasteiger partial charge in [0.1, 0.15) is 0 Å². The molecular weight excluding hydrogens is 124 g/mol. The third-order valence-corrected chi connectivity index (χ3v) is 1.06. The fourth-order valence-corrected chi connectivity index (χ4v) is 0.435. The molecule has 4 N–H and O–H groups in total. The molecule has 1 unspecified atom stereocenters. The van der Waals surface area contributed by atoms with E-state index < -0.39 is 12.3 Å². The third kappa shape index (κ3) is 1.46. The topological polar surface area (TPSA) is 97.8 Å². The van der Waals surface area contributed by atoms with Crippen LogP contribution in [0.3, 0.4) is 0 Å². The third-order valence-electron chi connectivity index (χ3n) is 1.06. The monoisotopic (exact) mass is 132 g/mol. The van der Waals surface area contributed by atoms with Crippen molar-refractivity contribution in [1.29, 1.82) is 0 Å². The molecule has 1 aliphatic heterocycles. The van der Waals surface area contributed by atoms with Crippen molar-refractivity contribution in [2.24, 2.45) is 5.73 Å². The molecule has 1 saturated heterocycles. The Balaban J connectivity index is 2.31. The van der Waals surface area contributed by atoms with E-state index in [0.717, 1.165) is 0 Å². The zero-order valence-corrected chi connectivity index (χ0v) is 4.70. The number of carbonyl (C=O) groups is 1. The predicted molar refractivity (Wildman–Crippen MR) is 28.1 cm³/mol. The molecule has 0 aromatic rings. The van der Waals surface area contributed by atoms with Gasteiger partial charge in [0, 0.05) is 0 Å². The molecule has 0 saturated carbocycles. The van der Waals surface area contributed by atoms with Crippen LogP contribution in [-0.4, -0.2) is 29.8 Å². The zero-order chi connectivity index (χ0) is 6.85. The van der Waals surface area contributed by atoms with Gasteiger partial charge in [-0.25, -0.2) is 0 Å². The zero-order valence-electron chi connectivity index (χ0n) is 4.70. The minimum absolute atomic E-state index is 0.308. The van der Waals surface area contributed by atoms with Crippen LogP contribution in [0, 0.1) is 0 Å². The van der Waals surface area contributed by atoms with Gasteiger partial charge in [0.25, 0.3) is 0 Å². The number of rotatable bonds is 3. The van der Waals surface area contributed by atoms with E-state index >= 15 is 0 Å². The van der Waals surface area contributed by atoms with Crippen LogP contribution in [0.25, 0.3) is 0 Å². The number of carbonyl (C=O) groups excluding carboxylic acids is 1. The van der Waals surface area contributed by atoms with Crippen molar-refractivity contribution in [3.05, 3.63) is 0 Å². The molecule has 1 heterocycles. The lowest BCUT2D eigenvalue weighted by atomic mass is 10.2. The molecule has 5 nitrogen and oxygen atoms in total. The van der Waals surface area contributed by atoms with Crippen LogP contribution < -0.4 is 11.2 Å². The Morgan fingerprint density at radius 2 is 2.56 bits per heavy atom. The van der Waals surface area contributed by atoms with Crippen LogP contribution in [0.15, 0.2) is 0 Å². The lowest BCUT2D eigenvalue weighted by molar-refractivity contribution is -0.122. The summed E-state index contributed by atoms with van der Waals surface area (Å²) >= 11 is 0. The molecule has 5 heteroatoms. The summed E-state index contributed by atoms with van der Waals surface area (Å²) in [6.07, 6.45) is -0.577. The maximum absolute atomic E-state index is 10.7. The molecular formula is C4H8N2O3. The highest BCUT2D eigenvalue weighted by molar-refractivity contribution is 5.88. The van der Waals surface area contributed by atoms with Crippen molar-refractivity contribution in [2.45, 2.75) is 12.3 Å². The molecule has 0 aromatic heterocycles. The van der Waals surface area contributed by atoms with Crippen LogP contribution in [0.2, 0.25) is 0 Å².